The summed E-state index contributed by atoms with van der Waals surface area (Å²) in [4.78, 5) is 66.9. The lowest BCUT2D eigenvalue weighted by Crippen LogP contribution is -2.58. The van der Waals surface area contributed by atoms with E-state index in [9.17, 15) is 32.0 Å². The molecule has 2 aromatic carbocycles. The van der Waals surface area contributed by atoms with E-state index < -0.39 is 80.2 Å². The van der Waals surface area contributed by atoms with Crippen LogP contribution in [-0.4, -0.2) is 88.2 Å². The molecular weight excluding hydrogens is 784 g/mol. The number of carbonyl (C=O) groups is 4. The zero-order valence-electron chi connectivity index (χ0n) is 33.0. The Bertz CT molecular complexity index is 2450. The average molecular weight is 831 g/mol. The van der Waals surface area contributed by atoms with E-state index in [0.29, 0.717) is 47.7 Å². The van der Waals surface area contributed by atoms with Crippen molar-refractivity contribution in [1.82, 2.24) is 30.2 Å². The summed E-state index contributed by atoms with van der Waals surface area (Å²) in [6, 6.07) is 10.9. The van der Waals surface area contributed by atoms with Gasteiger partial charge in [0.05, 0.1) is 11.8 Å². The number of fused-ring (bicyclic) bond motifs is 5. The standard InChI is InChI=1S/C42H47FN6O9S/c1-41(2,3)58-40(53)44-30-15-11-6-4-5-10-14-25-22-42(25,39(52)48-59(54,55)28-17-18-28)47-36(50)31-21-27(23-49(31)38(30)51)56-37-34-33(29-20-26(43)16-19-32(29)57-34)45-35(46-37)24-12-8-7-9-13-24/h7-10,12-14,16,19-20,25,27-28,30-31H,4-6,11,15,17-18,21-23H2,1-3H3,(H,44,53)(H,47,50)(H,48,52)/t25-,27-,30+,31+,42-/m1/s1. The third-order valence-corrected chi connectivity index (χ3v) is 12.9. The molecule has 1 saturated heterocycles. The van der Waals surface area contributed by atoms with Gasteiger partial charge >= 0.3 is 6.09 Å². The average Bonchev–Trinajstić information content (AvgIpc) is 4.08. The third-order valence-electron chi connectivity index (χ3n) is 11.1. The van der Waals surface area contributed by atoms with Crippen LogP contribution in [0.4, 0.5) is 9.18 Å². The quantitative estimate of drug-likeness (QED) is 0.201. The van der Waals surface area contributed by atoms with Crippen molar-refractivity contribution in [2.45, 2.75) is 113 Å². The first-order chi connectivity index (χ1) is 28.1. The first-order valence-electron chi connectivity index (χ1n) is 20.1. The molecule has 2 saturated carbocycles. The molecule has 15 nitrogen and oxygen atoms in total. The van der Waals surface area contributed by atoms with Crippen LogP contribution in [0.3, 0.4) is 0 Å². The van der Waals surface area contributed by atoms with Crippen molar-refractivity contribution < 1.29 is 45.9 Å². The Morgan fingerprint density at radius 1 is 1.03 bits per heavy atom. The van der Waals surface area contributed by atoms with Crippen LogP contribution in [0, 0.1) is 11.7 Å². The lowest BCUT2D eigenvalue weighted by Gasteiger charge is -2.30. The van der Waals surface area contributed by atoms with Crippen LogP contribution >= 0.6 is 0 Å². The Hall–Kier alpha value is -5.58. The number of sulfonamides is 1. The molecule has 59 heavy (non-hydrogen) atoms. The summed E-state index contributed by atoms with van der Waals surface area (Å²) >= 11 is 0. The van der Waals surface area contributed by atoms with Crippen molar-refractivity contribution in [2.24, 2.45) is 5.92 Å². The topological polar surface area (TPSA) is 199 Å². The zero-order chi connectivity index (χ0) is 41.7. The van der Waals surface area contributed by atoms with Crippen molar-refractivity contribution in [3.05, 3.63) is 66.5 Å². The number of allylic oxidation sites excluding steroid dienone is 1. The van der Waals surface area contributed by atoms with Crippen LogP contribution in [0.5, 0.6) is 5.88 Å². The molecule has 4 heterocycles. The van der Waals surface area contributed by atoms with Gasteiger partial charge < -0.3 is 29.4 Å². The van der Waals surface area contributed by atoms with Crippen molar-refractivity contribution in [3.63, 3.8) is 0 Å². The van der Waals surface area contributed by atoms with Gasteiger partial charge in [0.1, 0.15) is 46.2 Å². The second-order valence-corrected chi connectivity index (χ2v) is 18.8. The number of carbonyl (C=O) groups excluding carboxylic acids is 4. The van der Waals surface area contributed by atoms with Crippen molar-refractivity contribution in [3.8, 4) is 17.3 Å². The molecule has 17 heteroatoms. The molecule has 0 radical (unpaired) electrons. The van der Waals surface area contributed by atoms with E-state index in [4.69, 9.17) is 23.9 Å². The number of nitrogens with one attached hydrogen (secondary N) is 3. The van der Waals surface area contributed by atoms with E-state index in [2.05, 4.69) is 15.4 Å². The number of rotatable bonds is 7. The van der Waals surface area contributed by atoms with E-state index in [1.54, 1.807) is 20.8 Å². The lowest BCUT2D eigenvalue weighted by atomic mass is 10.0. The summed E-state index contributed by atoms with van der Waals surface area (Å²) in [7, 11) is -3.94. The zero-order valence-corrected chi connectivity index (χ0v) is 33.8. The number of nitrogens with zero attached hydrogens (tertiary/aromatic N) is 3. The first-order valence-corrected chi connectivity index (χ1v) is 21.6. The van der Waals surface area contributed by atoms with Crippen molar-refractivity contribution in [2.75, 3.05) is 6.54 Å². The molecule has 5 atom stereocenters. The highest BCUT2D eigenvalue weighted by atomic mass is 32.2. The summed E-state index contributed by atoms with van der Waals surface area (Å²) in [6.45, 7) is 4.99. The van der Waals surface area contributed by atoms with Crippen LogP contribution in [0.25, 0.3) is 33.5 Å². The van der Waals surface area contributed by atoms with Gasteiger partial charge in [-0.2, -0.15) is 4.98 Å². The fraction of sp³-hybridized carbons (Fsp3) is 0.476. The predicted molar refractivity (Wildman–Crippen MR) is 214 cm³/mol. The number of furan rings is 1. The number of alkyl carbamates (subject to hydrolysis) is 1. The van der Waals surface area contributed by atoms with Gasteiger partial charge in [-0.25, -0.2) is 22.6 Å². The fourth-order valence-electron chi connectivity index (χ4n) is 7.84. The fourth-order valence-corrected chi connectivity index (χ4v) is 9.21. The van der Waals surface area contributed by atoms with Gasteiger partial charge in [-0.05, 0) is 77.5 Å². The van der Waals surface area contributed by atoms with Gasteiger partial charge in [0, 0.05) is 23.3 Å². The highest BCUT2D eigenvalue weighted by molar-refractivity contribution is 7.91. The van der Waals surface area contributed by atoms with E-state index >= 15 is 0 Å². The minimum absolute atomic E-state index is 0.00279. The van der Waals surface area contributed by atoms with Crippen LogP contribution in [0.1, 0.15) is 78.6 Å². The van der Waals surface area contributed by atoms with E-state index in [-0.39, 0.29) is 43.1 Å². The highest BCUT2D eigenvalue weighted by Gasteiger charge is 2.62. The van der Waals surface area contributed by atoms with Crippen LogP contribution in [-0.2, 0) is 29.1 Å². The summed E-state index contributed by atoms with van der Waals surface area (Å²) in [5, 5.41) is 5.32. The molecule has 0 unspecified atom stereocenters. The second kappa shape index (κ2) is 15.5. The maximum atomic E-state index is 14.7. The molecule has 312 valence electrons. The predicted octanol–water partition coefficient (Wildman–Crippen LogP) is 5.43. The maximum Gasteiger partial charge on any atom is 0.408 e. The van der Waals surface area contributed by atoms with Gasteiger partial charge in [-0.1, -0.05) is 55.3 Å². The Labute approximate surface area is 340 Å². The third kappa shape index (κ3) is 8.61. The minimum atomic E-state index is -3.94. The molecule has 4 amide bonds. The molecule has 3 fully saturated rings. The SMILES string of the molecule is CC(C)(C)OC(=O)N[C@H]1CCCCCC=C[C@@H]2C[C@@]2(C(=O)NS(=O)(=O)C2CC2)NC(=O)[C@@H]2C[C@@H](Oc3nc(-c4ccccc4)nc4c3oc3ccc(F)cc34)CN2C1=O. The number of ether oxygens (including phenoxy) is 2. The Morgan fingerprint density at radius 3 is 2.56 bits per heavy atom. The van der Waals surface area contributed by atoms with Crippen LogP contribution in [0.15, 0.2) is 65.1 Å². The number of halogens is 1. The second-order valence-electron chi connectivity index (χ2n) is 16.8. The smallest absolute Gasteiger partial charge is 0.408 e. The molecule has 0 bridgehead atoms. The number of hydrogen-bond acceptors (Lipinski definition) is 11. The molecular formula is C42H47FN6O9S. The number of benzene rings is 2. The molecule has 2 aliphatic carbocycles. The lowest BCUT2D eigenvalue weighted by molar-refractivity contribution is -0.141. The molecule has 4 aromatic rings. The summed E-state index contributed by atoms with van der Waals surface area (Å²) in [6.07, 6.45) is 6.05. The van der Waals surface area contributed by atoms with Crippen LogP contribution < -0.4 is 20.1 Å². The molecule has 2 aromatic heterocycles. The summed E-state index contributed by atoms with van der Waals surface area (Å²) < 4.78 is 60.7. The molecule has 4 aliphatic rings. The normalized spacial score (nSPS) is 25.3. The minimum Gasteiger partial charge on any atom is -0.470 e. The molecule has 0 spiro atoms. The Balaban J connectivity index is 1.15. The number of hydrogen-bond donors (Lipinski definition) is 3. The van der Waals surface area contributed by atoms with Gasteiger partial charge in [-0.15, -0.1) is 0 Å². The number of aromatic nitrogens is 2. The van der Waals surface area contributed by atoms with Gasteiger partial charge in [0.2, 0.25) is 27.4 Å². The van der Waals surface area contributed by atoms with Crippen molar-refractivity contribution >= 4 is 55.9 Å². The van der Waals surface area contributed by atoms with Crippen molar-refractivity contribution in [1.29, 1.82) is 0 Å². The molecule has 8 rings (SSSR count). The highest BCUT2D eigenvalue weighted by Crippen LogP contribution is 2.46. The van der Waals surface area contributed by atoms with E-state index in [0.717, 1.165) is 12.8 Å². The monoisotopic (exact) mass is 830 g/mol. The van der Waals surface area contributed by atoms with Gasteiger partial charge in [-0.3, -0.25) is 19.1 Å². The van der Waals surface area contributed by atoms with E-state index in [1.807, 2.05) is 42.5 Å². The summed E-state index contributed by atoms with van der Waals surface area (Å²) in [5.74, 6) is -2.78. The Kier molecular flexibility index (Phi) is 10.6. The van der Waals surface area contributed by atoms with E-state index in [1.165, 1.54) is 23.1 Å². The first kappa shape index (κ1) is 40.2. The summed E-state index contributed by atoms with van der Waals surface area (Å²) in [5.41, 5.74) is -0.986. The van der Waals surface area contributed by atoms with Crippen LogP contribution in [0.2, 0.25) is 0 Å². The van der Waals surface area contributed by atoms with Gasteiger partial charge in [0.15, 0.2) is 5.82 Å². The Morgan fingerprint density at radius 2 is 1.81 bits per heavy atom. The number of amides is 4. The molecule has 2 aliphatic heterocycles. The largest absolute Gasteiger partial charge is 0.470 e. The van der Waals surface area contributed by atoms with Gasteiger partial charge in [0.25, 0.3) is 11.8 Å². The maximum absolute atomic E-state index is 14.7. The molecule has 3 N–H and O–H groups in total.